The van der Waals surface area contributed by atoms with E-state index in [9.17, 15) is 19.5 Å². The van der Waals surface area contributed by atoms with Crippen molar-refractivity contribution in [3.05, 3.63) is 41.1 Å². The summed E-state index contributed by atoms with van der Waals surface area (Å²) in [5.74, 6) is -1.95. The molecule has 4 N–H and O–H groups in total. The van der Waals surface area contributed by atoms with E-state index in [0.717, 1.165) is 0 Å². The number of rotatable bonds is 10. The van der Waals surface area contributed by atoms with Crippen LogP contribution in [0.2, 0.25) is 0 Å². The first-order chi connectivity index (χ1) is 14.4. The van der Waals surface area contributed by atoms with Crippen LogP contribution in [0.15, 0.2) is 35.5 Å². The summed E-state index contributed by atoms with van der Waals surface area (Å²) in [5, 5.41) is 12.1. The number of ether oxygens (including phenoxy) is 2. The van der Waals surface area contributed by atoms with E-state index in [1.165, 1.54) is 24.3 Å². The zero-order valence-corrected chi connectivity index (χ0v) is 19.2. The molecule has 0 aliphatic rings. The number of hydrogen-bond acceptors (Lipinski definition) is 7. The van der Waals surface area contributed by atoms with E-state index in [1.807, 2.05) is 20.8 Å². The third kappa shape index (κ3) is 7.01. The van der Waals surface area contributed by atoms with Gasteiger partial charge in [0.2, 0.25) is 0 Å². The lowest BCUT2D eigenvalue weighted by atomic mass is 9.82. The molecule has 0 radical (unpaired) electrons. The molecule has 2 atom stereocenters. The minimum Gasteiger partial charge on any atom is -0.508 e. The van der Waals surface area contributed by atoms with Gasteiger partial charge in [0, 0.05) is 0 Å². The molecule has 172 valence electrons. The molecule has 0 bridgehead atoms. The molecule has 0 aromatic heterocycles. The van der Waals surface area contributed by atoms with Gasteiger partial charge in [0.25, 0.3) is 5.91 Å². The van der Waals surface area contributed by atoms with Gasteiger partial charge in [-0.15, -0.1) is 0 Å². The predicted molar refractivity (Wildman–Crippen MR) is 117 cm³/mol. The van der Waals surface area contributed by atoms with Crippen LogP contribution >= 0.6 is 0 Å². The first kappa shape index (κ1) is 26.0. The Labute approximate surface area is 183 Å². The van der Waals surface area contributed by atoms with Gasteiger partial charge in [0.05, 0.1) is 11.3 Å². The van der Waals surface area contributed by atoms with Gasteiger partial charge in [-0.1, -0.05) is 27.2 Å². The molecule has 31 heavy (non-hydrogen) atoms. The number of nitrogens with two attached hydrogens (primary N) is 1. The molecule has 0 aliphatic carbocycles. The summed E-state index contributed by atoms with van der Waals surface area (Å²) in [7, 11) is 0. The maximum atomic E-state index is 13.1. The molecule has 0 heterocycles. The summed E-state index contributed by atoms with van der Waals surface area (Å²) in [6.07, 6.45) is 0.263. The lowest BCUT2D eigenvalue weighted by molar-refractivity contribution is -0.162. The quantitative estimate of drug-likeness (QED) is 0.381. The second-order valence-electron chi connectivity index (χ2n) is 8.11. The van der Waals surface area contributed by atoms with E-state index in [4.69, 9.17) is 15.2 Å². The Morgan fingerprint density at radius 3 is 2.19 bits per heavy atom. The van der Waals surface area contributed by atoms with E-state index in [-0.39, 0.29) is 29.5 Å². The maximum absolute atomic E-state index is 13.1. The Kier molecular flexibility index (Phi) is 9.55. The number of carbonyl (C=O) groups excluding carboxylic acids is 3. The van der Waals surface area contributed by atoms with E-state index in [1.54, 1.807) is 20.8 Å². The van der Waals surface area contributed by atoms with Crippen LogP contribution in [-0.2, 0) is 19.1 Å². The van der Waals surface area contributed by atoms with Gasteiger partial charge in [-0.05, 0) is 62.9 Å². The van der Waals surface area contributed by atoms with E-state index >= 15 is 0 Å². The van der Waals surface area contributed by atoms with Crippen LogP contribution in [0.5, 0.6) is 5.75 Å². The third-order valence-corrected chi connectivity index (χ3v) is 4.97. The molecular weight excluding hydrogens is 400 g/mol. The highest BCUT2D eigenvalue weighted by Gasteiger charge is 2.44. The van der Waals surface area contributed by atoms with Crippen LogP contribution in [0.4, 0.5) is 0 Å². The number of amides is 1. The van der Waals surface area contributed by atoms with Gasteiger partial charge in [-0.2, -0.15) is 0 Å². The molecule has 0 saturated carbocycles. The van der Waals surface area contributed by atoms with Gasteiger partial charge in [0.15, 0.2) is 0 Å². The number of carbonyl (C=O) groups is 3. The van der Waals surface area contributed by atoms with Crippen molar-refractivity contribution in [2.75, 3.05) is 6.61 Å². The highest BCUT2D eigenvalue weighted by Crippen LogP contribution is 2.26. The Hall–Kier alpha value is -3.03. The Balaban J connectivity index is 2.89. The van der Waals surface area contributed by atoms with Crippen LogP contribution in [0, 0.1) is 5.92 Å². The predicted octanol–water partition coefficient (Wildman–Crippen LogP) is 3.04. The number of benzene rings is 1. The fourth-order valence-electron chi connectivity index (χ4n) is 2.97. The van der Waals surface area contributed by atoms with Crippen molar-refractivity contribution in [1.82, 2.24) is 5.32 Å². The third-order valence-electron chi connectivity index (χ3n) is 4.97. The first-order valence-electron chi connectivity index (χ1n) is 10.4. The molecule has 1 rings (SSSR count). The minimum atomic E-state index is -1.26. The lowest BCUT2D eigenvalue weighted by Gasteiger charge is -2.37. The van der Waals surface area contributed by atoms with E-state index in [2.05, 4.69) is 5.32 Å². The topological polar surface area (TPSA) is 128 Å². The SMILES string of the molecule is CCC[C@@](NC(=O)C(N)=C(C)C)(C(=O)OC(C)COC(=O)c1ccc(O)cc1)C(C)C. The lowest BCUT2D eigenvalue weighted by Crippen LogP contribution is -2.60. The number of esters is 2. The first-order valence-corrected chi connectivity index (χ1v) is 10.4. The van der Waals surface area contributed by atoms with Crippen LogP contribution < -0.4 is 11.1 Å². The summed E-state index contributed by atoms with van der Waals surface area (Å²) in [4.78, 5) is 37.8. The highest BCUT2D eigenvalue weighted by atomic mass is 16.6. The van der Waals surface area contributed by atoms with Crippen molar-refractivity contribution in [2.45, 2.75) is 66.0 Å². The Morgan fingerprint density at radius 2 is 1.71 bits per heavy atom. The summed E-state index contributed by atoms with van der Waals surface area (Å²) in [6.45, 7) is 10.4. The molecule has 0 saturated heterocycles. The molecule has 1 aromatic rings. The average molecular weight is 435 g/mol. The number of nitrogens with one attached hydrogen (secondary N) is 1. The molecule has 8 nitrogen and oxygen atoms in total. The van der Waals surface area contributed by atoms with Crippen molar-refractivity contribution in [3.63, 3.8) is 0 Å². The van der Waals surface area contributed by atoms with Crippen molar-refractivity contribution < 1.29 is 29.0 Å². The van der Waals surface area contributed by atoms with Crippen molar-refractivity contribution in [2.24, 2.45) is 11.7 Å². The van der Waals surface area contributed by atoms with E-state index in [0.29, 0.717) is 18.4 Å². The second kappa shape index (κ2) is 11.4. The van der Waals surface area contributed by atoms with Crippen LogP contribution in [0.1, 0.15) is 64.7 Å². The van der Waals surface area contributed by atoms with Gasteiger partial charge >= 0.3 is 11.9 Å². The normalized spacial score (nSPS) is 13.6. The van der Waals surface area contributed by atoms with Gasteiger partial charge in [0.1, 0.15) is 24.0 Å². The maximum Gasteiger partial charge on any atom is 0.338 e. The molecular formula is C23H34N2O6. The average Bonchev–Trinajstić information content (AvgIpc) is 2.70. The van der Waals surface area contributed by atoms with Crippen molar-refractivity contribution >= 4 is 17.8 Å². The van der Waals surface area contributed by atoms with Crippen LogP contribution in [-0.4, -0.2) is 41.2 Å². The number of phenols is 1. The van der Waals surface area contributed by atoms with Crippen LogP contribution in [0.3, 0.4) is 0 Å². The number of phenolic OH excluding ortho intramolecular Hbond substituents is 1. The summed E-state index contributed by atoms with van der Waals surface area (Å²) in [5.41, 5.74) is 5.56. The molecule has 1 aromatic carbocycles. The summed E-state index contributed by atoms with van der Waals surface area (Å²) >= 11 is 0. The largest absolute Gasteiger partial charge is 0.508 e. The fraction of sp³-hybridized carbons (Fsp3) is 0.522. The standard InChI is InChI=1S/C23H34N2O6/c1-7-12-23(15(4)5,25-20(27)19(24)14(2)3)22(29)31-16(6)13-30-21(28)17-8-10-18(26)11-9-17/h8-11,15-16,26H,7,12-13,24H2,1-6H3,(H,25,27)/t16?,23-/m0/s1. The number of aromatic hydroxyl groups is 1. The van der Waals surface area contributed by atoms with Gasteiger partial charge < -0.3 is 25.6 Å². The highest BCUT2D eigenvalue weighted by molar-refractivity contribution is 5.97. The Morgan fingerprint density at radius 1 is 1.13 bits per heavy atom. The van der Waals surface area contributed by atoms with Crippen molar-refractivity contribution in [1.29, 1.82) is 0 Å². The van der Waals surface area contributed by atoms with Gasteiger partial charge in [-0.3, -0.25) is 4.79 Å². The zero-order chi connectivity index (χ0) is 23.8. The number of allylic oxidation sites excluding steroid dienone is 1. The Bertz CT molecular complexity index is 812. The molecule has 0 spiro atoms. The molecule has 0 aliphatic heterocycles. The smallest absolute Gasteiger partial charge is 0.338 e. The molecule has 1 unspecified atom stereocenters. The van der Waals surface area contributed by atoms with Crippen molar-refractivity contribution in [3.8, 4) is 5.75 Å². The monoisotopic (exact) mass is 434 g/mol. The second-order valence-corrected chi connectivity index (χ2v) is 8.11. The molecule has 0 fully saturated rings. The summed E-state index contributed by atoms with van der Waals surface area (Å²) in [6, 6.07) is 5.62. The molecule has 1 amide bonds. The fourth-order valence-corrected chi connectivity index (χ4v) is 2.97. The minimum absolute atomic E-state index is 0.0376. The van der Waals surface area contributed by atoms with Crippen LogP contribution in [0.25, 0.3) is 0 Å². The molecule has 8 heteroatoms. The summed E-state index contributed by atoms with van der Waals surface area (Å²) < 4.78 is 10.8. The van der Waals surface area contributed by atoms with Gasteiger partial charge in [-0.25, -0.2) is 9.59 Å². The van der Waals surface area contributed by atoms with E-state index < -0.39 is 29.5 Å². The zero-order valence-electron chi connectivity index (χ0n) is 19.2. The number of hydrogen-bond donors (Lipinski definition) is 3.